The number of aryl methyl sites for hydroxylation is 1. The van der Waals surface area contributed by atoms with E-state index in [9.17, 15) is 9.90 Å². The molecule has 2 aromatic rings. The average Bonchev–Trinajstić information content (AvgIpc) is 2.89. The lowest BCUT2D eigenvalue weighted by atomic mass is 9.92. The largest absolute Gasteiger partial charge is 0.393 e. The molecule has 0 aliphatic heterocycles. The third kappa shape index (κ3) is 3.41. The molecule has 1 fully saturated rings. The minimum Gasteiger partial charge on any atom is -0.393 e. The lowest BCUT2D eigenvalue weighted by molar-refractivity contribution is 0.0849. The van der Waals surface area contributed by atoms with Gasteiger partial charge in [0.25, 0.3) is 5.91 Å². The Kier molecular flexibility index (Phi) is 4.68. The van der Waals surface area contributed by atoms with E-state index >= 15 is 0 Å². The number of carbonyl (C=O) groups is 1. The van der Waals surface area contributed by atoms with Gasteiger partial charge in [0.15, 0.2) is 0 Å². The van der Waals surface area contributed by atoms with Gasteiger partial charge in [-0.05, 0) is 38.7 Å². The van der Waals surface area contributed by atoms with E-state index in [0.717, 1.165) is 19.3 Å². The molecular formula is C17H19ClN2O3. The minimum absolute atomic E-state index is 0.0281. The molecule has 2 N–H and O–H groups in total. The van der Waals surface area contributed by atoms with Crippen molar-refractivity contribution in [2.75, 3.05) is 0 Å². The number of halogens is 1. The number of amides is 1. The molecular weight excluding hydrogens is 316 g/mol. The van der Waals surface area contributed by atoms with E-state index in [1.807, 2.05) is 12.1 Å². The zero-order valence-electron chi connectivity index (χ0n) is 12.9. The minimum atomic E-state index is -0.347. The predicted molar refractivity (Wildman–Crippen MR) is 87.4 cm³/mol. The van der Waals surface area contributed by atoms with E-state index in [0.29, 0.717) is 34.0 Å². The quantitative estimate of drug-likeness (QED) is 0.902. The van der Waals surface area contributed by atoms with Gasteiger partial charge in [-0.25, -0.2) is 0 Å². The molecule has 1 amide bonds. The smallest absolute Gasteiger partial charge is 0.257 e. The lowest BCUT2D eigenvalue weighted by Crippen LogP contribution is -2.40. The van der Waals surface area contributed by atoms with Crippen LogP contribution in [0.25, 0.3) is 11.3 Å². The van der Waals surface area contributed by atoms with Crippen molar-refractivity contribution in [2.24, 2.45) is 0 Å². The highest BCUT2D eigenvalue weighted by Gasteiger charge is 2.27. The molecule has 1 heterocycles. The Labute approximate surface area is 139 Å². The summed E-state index contributed by atoms with van der Waals surface area (Å²) >= 11 is 6.21. The number of aliphatic hydroxyl groups is 1. The zero-order chi connectivity index (χ0) is 16.4. The lowest BCUT2D eigenvalue weighted by Gasteiger charge is -2.26. The summed E-state index contributed by atoms with van der Waals surface area (Å²) in [6.45, 7) is 1.71. The van der Waals surface area contributed by atoms with Crippen LogP contribution >= 0.6 is 11.6 Å². The SMILES string of the molecule is Cc1onc(-c2ccccc2Cl)c1C(=O)N[C@H]1CCC[C@H](O)C1. The van der Waals surface area contributed by atoms with E-state index in [-0.39, 0.29) is 18.1 Å². The topological polar surface area (TPSA) is 75.4 Å². The Balaban J connectivity index is 1.86. The van der Waals surface area contributed by atoms with Crippen LogP contribution in [0.4, 0.5) is 0 Å². The summed E-state index contributed by atoms with van der Waals surface area (Å²) in [5, 5.41) is 17.2. The van der Waals surface area contributed by atoms with Crippen LogP contribution in [0.2, 0.25) is 5.02 Å². The summed E-state index contributed by atoms with van der Waals surface area (Å²) in [4.78, 5) is 12.7. The second-order valence-corrected chi connectivity index (χ2v) is 6.34. The second kappa shape index (κ2) is 6.72. The number of nitrogens with zero attached hydrogens (tertiary/aromatic N) is 1. The Morgan fingerprint density at radius 3 is 2.91 bits per heavy atom. The zero-order valence-corrected chi connectivity index (χ0v) is 13.6. The number of carbonyl (C=O) groups excluding carboxylic acids is 1. The van der Waals surface area contributed by atoms with Gasteiger partial charge in [0.05, 0.1) is 11.1 Å². The van der Waals surface area contributed by atoms with Crippen LogP contribution in [-0.4, -0.2) is 28.3 Å². The van der Waals surface area contributed by atoms with Crippen LogP contribution in [0, 0.1) is 6.92 Å². The molecule has 6 heteroatoms. The van der Waals surface area contributed by atoms with Gasteiger partial charge in [-0.2, -0.15) is 0 Å². The van der Waals surface area contributed by atoms with Crippen LogP contribution in [0.5, 0.6) is 0 Å². The molecule has 0 bridgehead atoms. The van der Waals surface area contributed by atoms with E-state index in [4.69, 9.17) is 16.1 Å². The van der Waals surface area contributed by atoms with Crippen LogP contribution < -0.4 is 5.32 Å². The standard InChI is InChI=1S/C17H19ClN2O3/c1-10-15(17(22)19-11-5-4-6-12(21)9-11)16(20-23-10)13-7-2-3-8-14(13)18/h2-3,7-8,11-12,21H,4-6,9H2,1H3,(H,19,22)/t11-,12-/m0/s1. The number of aromatic nitrogens is 1. The molecule has 3 rings (SSSR count). The highest BCUT2D eigenvalue weighted by atomic mass is 35.5. The van der Waals surface area contributed by atoms with Gasteiger partial charge in [-0.3, -0.25) is 4.79 Å². The van der Waals surface area contributed by atoms with Gasteiger partial charge < -0.3 is 14.9 Å². The first-order valence-electron chi connectivity index (χ1n) is 7.76. The fraction of sp³-hybridized carbons (Fsp3) is 0.412. The van der Waals surface area contributed by atoms with E-state index < -0.39 is 0 Å². The Morgan fingerprint density at radius 2 is 2.17 bits per heavy atom. The molecule has 23 heavy (non-hydrogen) atoms. The number of hydrogen-bond donors (Lipinski definition) is 2. The van der Waals surface area contributed by atoms with Crippen LogP contribution in [-0.2, 0) is 0 Å². The van der Waals surface area contributed by atoms with Crippen molar-refractivity contribution in [2.45, 2.75) is 44.8 Å². The monoisotopic (exact) mass is 334 g/mol. The van der Waals surface area contributed by atoms with Crippen molar-refractivity contribution in [3.63, 3.8) is 0 Å². The summed E-state index contributed by atoms with van der Waals surface area (Å²) in [5.41, 5.74) is 1.51. The predicted octanol–water partition coefficient (Wildman–Crippen LogP) is 3.34. The Hall–Kier alpha value is -1.85. The van der Waals surface area contributed by atoms with Crippen LogP contribution in [0.15, 0.2) is 28.8 Å². The molecule has 0 unspecified atom stereocenters. The van der Waals surface area contributed by atoms with Crippen LogP contribution in [0.1, 0.15) is 41.8 Å². The number of hydrogen-bond acceptors (Lipinski definition) is 4. The highest BCUT2D eigenvalue weighted by Crippen LogP contribution is 2.31. The van der Waals surface area contributed by atoms with Gasteiger partial charge in [0, 0.05) is 11.6 Å². The van der Waals surface area contributed by atoms with Crippen molar-refractivity contribution in [1.82, 2.24) is 10.5 Å². The molecule has 0 radical (unpaired) electrons. The van der Waals surface area contributed by atoms with Crippen molar-refractivity contribution < 1.29 is 14.4 Å². The van der Waals surface area contributed by atoms with Crippen molar-refractivity contribution in [3.8, 4) is 11.3 Å². The average molecular weight is 335 g/mol. The second-order valence-electron chi connectivity index (χ2n) is 5.93. The maximum Gasteiger partial charge on any atom is 0.257 e. The number of rotatable bonds is 3. The third-order valence-electron chi connectivity index (χ3n) is 4.20. The molecule has 1 saturated carbocycles. The molecule has 1 aromatic carbocycles. The van der Waals surface area contributed by atoms with E-state index in [1.54, 1.807) is 19.1 Å². The first-order valence-corrected chi connectivity index (χ1v) is 8.14. The molecule has 1 aliphatic rings. The summed E-state index contributed by atoms with van der Waals surface area (Å²) in [7, 11) is 0. The highest BCUT2D eigenvalue weighted by molar-refractivity contribution is 6.33. The number of aliphatic hydroxyl groups excluding tert-OH is 1. The van der Waals surface area contributed by atoms with Gasteiger partial charge in [-0.1, -0.05) is 35.0 Å². The molecule has 0 spiro atoms. The third-order valence-corrected chi connectivity index (χ3v) is 4.53. The molecule has 1 aromatic heterocycles. The molecule has 5 nitrogen and oxygen atoms in total. The summed E-state index contributed by atoms with van der Waals surface area (Å²) in [6, 6.07) is 7.19. The maximum absolute atomic E-state index is 12.7. The Morgan fingerprint density at radius 1 is 1.39 bits per heavy atom. The van der Waals surface area contributed by atoms with Gasteiger partial charge in [-0.15, -0.1) is 0 Å². The van der Waals surface area contributed by atoms with Crippen LogP contribution in [0.3, 0.4) is 0 Å². The first-order chi connectivity index (χ1) is 11.1. The van der Waals surface area contributed by atoms with E-state index in [2.05, 4.69) is 10.5 Å². The maximum atomic E-state index is 12.7. The Bertz CT molecular complexity index is 714. The molecule has 0 saturated heterocycles. The fourth-order valence-electron chi connectivity index (χ4n) is 3.03. The number of nitrogens with one attached hydrogen (secondary N) is 1. The number of benzene rings is 1. The summed E-state index contributed by atoms with van der Waals surface area (Å²) < 4.78 is 5.22. The molecule has 122 valence electrons. The normalized spacial score (nSPS) is 21.2. The van der Waals surface area contributed by atoms with Gasteiger partial charge in [0.1, 0.15) is 17.0 Å². The van der Waals surface area contributed by atoms with Crippen molar-refractivity contribution >= 4 is 17.5 Å². The van der Waals surface area contributed by atoms with Gasteiger partial charge in [0.2, 0.25) is 0 Å². The fourth-order valence-corrected chi connectivity index (χ4v) is 3.25. The van der Waals surface area contributed by atoms with Crippen molar-refractivity contribution in [1.29, 1.82) is 0 Å². The molecule has 1 aliphatic carbocycles. The van der Waals surface area contributed by atoms with Crippen molar-refractivity contribution in [3.05, 3.63) is 40.6 Å². The first kappa shape index (κ1) is 16.0. The summed E-state index contributed by atoms with van der Waals surface area (Å²) in [6.07, 6.45) is 2.81. The van der Waals surface area contributed by atoms with E-state index in [1.165, 1.54) is 0 Å². The summed E-state index contributed by atoms with van der Waals surface area (Å²) in [5.74, 6) is 0.214. The van der Waals surface area contributed by atoms with Gasteiger partial charge >= 0.3 is 0 Å². The molecule has 2 atom stereocenters.